The van der Waals surface area contributed by atoms with Gasteiger partial charge in [0, 0.05) is 42.4 Å². The standard InChI is InChI=1S/C38H52O16/c1-10-18(2)31(44)34(47)53-32-29(33(45)46)30(19(3)38(48)26(52-21(5)41)13-23(37(32,38)8)22-11-12-50-16-22)36(7,24-14-28(43)54-35(24,6)17-39)25(51-20(4)40)15-27(42)49-9/h11-12,16,18,23-26,29-32,39,44,48H,3,10,13-15,17H2,1-2,4-9H3,(H,45,46). The Morgan fingerprint density at radius 1 is 1.13 bits per heavy atom. The molecule has 2 saturated carbocycles. The Morgan fingerprint density at radius 3 is 2.28 bits per heavy atom. The summed E-state index contributed by atoms with van der Waals surface area (Å²) >= 11 is 0. The van der Waals surface area contributed by atoms with E-state index in [1.807, 2.05) is 0 Å². The molecule has 1 aromatic rings. The second kappa shape index (κ2) is 15.5. The summed E-state index contributed by atoms with van der Waals surface area (Å²) in [7, 11) is 1.08. The van der Waals surface area contributed by atoms with Crippen molar-refractivity contribution in [3.05, 3.63) is 36.3 Å². The number of esters is 5. The molecule has 1 saturated heterocycles. The maximum atomic E-state index is 14.0. The van der Waals surface area contributed by atoms with Crippen LogP contribution in [0.2, 0.25) is 0 Å². The Bertz CT molecular complexity index is 1640. The summed E-state index contributed by atoms with van der Waals surface area (Å²) in [5.41, 5.74) is -7.99. The number of fused-ring (bicyclic) bond motifs is 1. The molecule has 1 aliphatic heterocycles. The quantitative estimate of drug-likeness (QED) is 0.121. The molecule has 13 atom stereocenters. The summed E-state index contributed by atoms with van der Waals surface area (Å²) in [6.45, 7) is 13.2. The highest BCUT2D eigenvalue weighted by Gasteiger charge is 2.78. The van der Waals surface area contributed by atoms with E-state index in [4.69, 9.17) is 28.1 Å². The van der Waals surface area contributed by atoms with Crippen LogP contribution >= 0.6 is 0 Å². The molecule has 300 valence electrons. The first kappa shape index (κ1) is 42.5. The van der Waals surface area contributed by atoms with Crippen LogP contribution in [0.4, 0.5) is 0 Å². The van der Waals surface area contributed by atoms with Gasteiger partial charge in [-0.15, -0.1) is 0 Å². The normalized spacial score (nSPS) is 34.7. The molecule has 2 aliphatic carbocycles. The average Bonchev–Trinajstić information content (AvgIpc) is 3.80. The molecular formula is C38H52O16. The van der Waals surface area contributed by atoms with Gasteiger partial charge in [-0.1, -0.05) is 40.7 Å². The number of aliphatic hydroxyl groups is 3. The Hall–Kier alpha value is -4.28. The van der Waals surface area contributed by atoms with Gasteiger partial charge in [-0.3, -0.25) is 24.0 Å². The van der Waals surface area contributed by atoms with Gasteiger partial charge in [0.25, 0.3) is 0 Å². The van der Waals surface area contributed by atoms with E-state index in [1.54, 1.807) is 19.9 Å². The average molecular weight is 765 g/mol. The van der Waals surface area contributed by atoms with E-state index in [-0.39, 0.29) is 12.0 Å². The van der Waals surface area contributed by atoms with Gasteiger partial charge in [0.1, 0.15) is 35.4 Å². The van der Waals surface area contributed by atoms with Crippen molar-refractivity contribution < 1.29 is 77.3 Å². The fraction of sp³-hybridized carbons (Fsp3) is 0.684. The zero-order valence-electron chi connectivity index (χ0n) is 31.9. The Kier molecular flexibility index (Phi) is 12.2. The van der Waals surface area contributed by atoms with E-state index in [0.29, 0.717) is 12.0 Å². The van der Waals surface area contributed by atoms with Crippen molar-refractivity contribution in [2.24, 2.45) is 34.5 Å². The molecule has 16 nitrogen and oxygen atoms in total. The lowest BCUT2D eigenvalue weighted by molar-refractivity contribution is -0.237. The number of cyclic esters (lactones) is 1. The van der Waals surface area contributed by atoms with E-state index in [0.717, 1.165) is 21.0 Å². The van der Waals surface area contributed by atoms with Crippen LogP contribution in [-0.4, -0.2) is 106 Å². The van der Waals surface area contributed by atoms with E-state index < -0.39 is 131 Å². The fourth-order valence-electron chi connectivity index (χ4n) is 9.62. The second-order valence-electron chi connectivity index (χ2n) is 15.5. The molecule has 13 unspecified atom stereocenters. The van der Waals surface area contributed by atoms with Crippen molar-refractivity contribution in [1.82, 2.24) is 0 Å². The predicted molar refractivity (Wildman–Crippen MR) is 184 cm³/mol. The van der Waals surface area contributed by atoms with Crippen LogP contribution in [0, 0.1) is 34.5 Å². The molecule has 3 fully saturated rings. The molecule has 0 aromatic carbocycles. The number of aliphatic carboxylic acids is 1. The number of methoxy groups -OCH3 is 1. The first-order chi connectivity index (χ1) is 25.1. The monoisotopic (exact) mass is 764 g/mol. The molecule has 16 heteroatoms. The number of ether oxygens (including phenoxy) is 5. The van der Waals surface area contributed by atoms with Gasteiger partial charge in [0.05, 0.1) is 39.1 Å². The van der Waals surface area contributed by atoms with Gasteiger partial charge in [-0.05, 0) is 36.5 Å². The topological polar surface area (TPSA) is 243 Å². The van der Waals surface area contributed by atoms with Crippen LogP contribution in [0.1, 0.15) is 85.6 Å². The Labute approximate surface area is 313 Å². The van der Waals surface area contributed by atoms with Crippen molar-refractivity contribution in [2.75, 3.05) is 13.7 Å². The number of rotatable bonds is 14. The van der Waals surface area contributed by atoms with Gasteiger partial charge in [0.15, 0.2) is 6.10 Å². The van der Waals surface area contributed by atoms with Crippen LogP contribution in [0.3, 0.4) is 0 Å². The lowest BCUT2D eigenvalue weighted by Crippen LogP contribution is -2.71. The van der Waals surface area contributed by atoms with Crippen LogP contribution in [0.15, 0.2) is 35.2 Å². The molecule has 1 aromatic heterocycles. The maximum absolute atomic E-state index is 14.0. The van der Waals surface area contributed by atoms with Crippen LogP contribution in [0.25, 0.3) is 0 Å². The summed E-state index contributed by atoms with van der Waals surface area (Å²) in [5, 5.41) is 46.5. The summed E-state index contributed by atoms with van der Waals surface area (Å²) in [5.74, 6) is -12.7. The number of hydrogen-bond donors (Lipinski definition) is 4. The van der Waals surface area contributed by atoms with Crippen LogP contribution in [-0.2, 0) is 52.5 Å². The summed E-state index contributed by atoms with van der Waals surface area (Å²) < 4.78 is 33.6. The Morgan fingerprint density at radius 2 is 1.78 bits per heavy atom. The molecule has 0 spiro atoms. The summed E-state index contributed by atoms with van der Waals surface area (Å²) in [6, 6.07) is 1.56. The molecule has 4 rings (SSSR count). The minimum absolute atomic E-state index is 0.155. The van der Waals surface area contributed by atoms with Crippen molar-refractivity contribution in [2.45, 2.75) is 116 Å². The molecule has 54 heavy (non-hydrogen) atoms. The number of aliphatic hydroxyl groups excluding tert-OH is 2. The van der Waals surface area contributed by atoms with Gasteiger partial charge in [0.2, 0.25) is 0 Å². The SMILES string of the molecule is C=C1C(C(C)(C(CC(=O)OC)OC(C)=O)C2CC(=O)OC2(C)CO)C(C(=O)O)C(OC(=O)C(O)C(C)CC)C2(C)C(c3ccoc3)CC(OC(C)=O)C12O. The number of carbonyl (C=O) groups is 6. The summed E-state index contributed by atoms with van der Waals surface area (Å²) in [6.07, 6.45) is -5.03. The van der Waals surface area contributed by atoms with E-state index in [2.05, 4.69) is 6.58 Å². The van der Waals surface area contributed by atoms with Crippen molar-refractivity contribution >= 4 is 35.8 Å². The highest BCUT2D eigenvalue weighted by molar-refractivity contribution is 5.79. The third kappa shape index (κ3) is 6.80. The highest BCUT2D eigenvalue weighted by atomic mass is 16.6. The minimum Gasteiger partial charge on any atom is -0.481 e. The van der Waals surface area contributed by atoms with Gasteiger partial charge in [-0.2, -0.15) is 0 Å². The second-order valence-corrected chi connectivity index (χ2v) is 15.5. The number of furan rings is 1. The lowest BCUT2D eigenvalue weighted by Gasteiger charge is -2.62. The maximum Gasteiger partial charge on any atom is 0.335 e. The van der Waals surface area contributed by atoms with Crippen LogP contribution in [0.5, 0.6) is 0 Å². The van der Waals surface area contributed by atoms with Crippen molar-refractivity contribution in [1.29, 1.82) is 0 Å². The Balaban J connectivity index is 2.17. The third-order valence-electron chi connectivity index (χ3n) is 12.6. The number of carboxylic acids is 1. The first-order valence-corrected chi connectivity index (χ1v) is 17.9. The first-order valence-electron chi connectivity index (χ1n) is 17.9. The number of hydrogen-bond acceptors (Lipinski definition) is 15. The smallest absolute Gasteiger partial charge is 0.335 e. The predicted octanol–water partition coefficient (Wildman–Crippen LogP) is 2.46. The zero-order valence-corrected chi connectivity index (χ0v) is 31.9. The van der Waals surface area contributed by atoms with Gasteiger partial charge >= 0.3 is 35.8 Å². The molecule has 3 aliphatic rings. The molecule has 0 amide bonds. The molecule has 4 N–H and O–H groups in total. The minimum atomic E-state index is -2.46. The van der Waals surface area contributed by atoms with Gasteiger partial charge in [-0.25, -0.2) is 4.79 Å². The van der Waals surface area contributed by atoms with E-state index in [1.165, 1.54) is 33.3 Å². The lowest BCUT2D eigenvalue weighted by atomic mass is 9.44. The van der Waals surface area contributed by atoms with Crippen molar-refractivity contribution in [3.63, 3.8) is 0 Å². The third-order valence-corrected chi connectivity index (χ3v) is 12.6. The largest absolute Gasteiger partial charge is 0.481 e. The fourth-order valence-corrected chi connectivity index (χ4v) is 9.62. The molecule has 0 radical (unpaired) electrons. The summed E-state index contributed by atoms with van der Waals surface area (Å²) in [4.78, 5) is 79.6. The van der Waals surface area contributed by atoms with Crippen molar-refractivity contribution in [3.8, 4) is 0 Å². The molecule has 0 bridgehead atoms. The van der Waals surface area contributed by atoms with Gasteiger partial charge < -0.3 is 48.5 Å². The molecule has 2 heterocycles. The van der Waals surface area contributed by atoms with E-state index in [9.17, 15) is 49.2 Å². The van der Waals surface area contributed by atoms with Crippen LogP contribution < -0.4 is 0 Å². The highest BCUT2D eigenvalue weighted by Crippen LogP contribution is 2.70. The zero-order chi connectivity index (χ0) is 40.7. The molecular weight excluding hydrogens is 712 g/mol. The number of carbonyl (C=O) groups excluding carboxylic acids is 5. The van der Waals surface area contributed by atoms with E-state index >= 15 is 0 Å². The number of carboxylic acid groups (broad SMARTS) is 1.